The molecule has 124 valence electrons. The van der Waals surface area contributed by atoms with Gasteiger partial charge < -0.3 is 14.2 Å². The van der Waals surface area contributed by atoms with Gasteiger partial charge in [0.2, 0.25) is 0 Å². The zero-order valence-electron chi connectivity index (χ0n) is 13.7. The molecule has 0 saturated heterocycles. The summed E-state index contributed by atoms with van der Waals surface area (Å²) in [5.41, 5.74) is 1.36. The molecule has 5 nitrogen and oxygen atoms in total. The van der Waals surface area contributed by atoms with Crippen molar-refractivity contribution in [2.45, 2.75) is 20.3 Å². The molecule has 0 spiro atoms. The second-order valence-corrected chi connectivity index (χ2v) is 4.52. The van der Waals surface area contributed by atoms with E-state index < -0.39 is 5.97 Å². The number of ether oxygens (including phenoxy) is 3. The molecule has 0 heterocycles. The Hall–Kier alpha value is -2.56. The van der Waals surface area contributed by atoms with Crippen LogP contribution >= 0.6 is 0 Å². The summed E-state index contributed by atoms with van der Waals surface area (Å²) in [6, 6.07) is 7.36. The third kappa shape index (κ3) is 6.38. The van der Waals surface area contributed by atoms with Crippen LogP contribution in [0.15, 0.2) is 42.0 Å². The van der Waals surface area contributed by atoms with Crippen molar-refractivity contribution < 1.29 is 23.8 Å². The molecular weight excluding hydrogens is 296 g/mol. The first-order valence-corrected chi connectivity index (χ1v) is 7.46. The van der Waals surface area contributed by atoms with Crippen molar-refractivity contribution in [2.24, 2.45) is 0 Å². The number of para-hydroxylation sites is 1. The molecule has 23 heavy (non-hydrogen) atoms. The third-order valence-electron chi connectivity index (χ3n) is 2.96. The Bertz CT molecular complexity index is 587. The Balaban J connectivity index is 2.86. The highest BCUT2D eigenvalue weighted by Gasteiger charge is 2.10. The van der Waals surface area contributed by atoms with Crippen molar-refractivity contribution in [2.75, 3.05) is 20.3 Å². The van der Waals surface area contributed by atoms with Crippen molar-refractivity contribution in [1.82, 2.24) is 0 Å². The molecule has 0 fully saturated rings. The van der Waals surface area contributed by atoms with Gasteiger partial charge in [-0.1, -0.05) is 25.1 Å². The molecule has 0 aliphatic rings. The Morgan fingerprint density at radius 2 is 1.91 bits per heavy atom. The Morgan fingerprint density at radius 1 is 1.17 bits per heavy atom. The summed E-state index contributed by atoms with van der Waals surface area (Å²) in [4.78, 5) is 22.8. The molecule has 0 amide bonds. The topological polar surface area (TPSA) is 61.8 Å². The van der Waals surface area contributed by atoms with Crippen molar-refractivity contribution in [3.63, 3.8) is 0 Å². The normalized spacial score (nSPS) is 11.3. The number of methoxy groups -OCH3 is 1. The molecule has 0 saturated carbocycles. The first-order valence-electron chi connectivity index (χ1n) is 7.46. The van der Waals surface area contributed by atoms with E-state index in [2.05, 4.69) is 4.74 Å². The van der Waals surface area contributed by atoms with Gasteiger partial charge in [-0.25, -0.2) is 9.59 Å². The monoisotopic (exact) mass is 318 g/mol. The lowest BCUT2D eigenvalue weighted by atomic mass is 10.1. The third-order valence-corrected chi connectivity index (χ3v) is 2.96. The summed E-state index contributed by atoms with van der Waals surface area (Å²) >= 11 is 0. The number of hydrogen-bond donors (Lipinski definition) is 0. The van der Waals surface area contributed by atoms with Crippen molar-refractivity contribution in [1.29, 1.82) is 0 Å². The molecular formula is C18H22O5. The van der Waals surface area contributed by atoms with Gasteiger partial charge in [-0.2, -0.15) is 0 Å². The number of benzene rings is 1. The molecule has 5 heteroatoms. The second-order valence-electron chi connectivity index (χ2n) is 4.52. The molecule has 0 aliphatic carbocycles. The lowest BCUT2D eigenvalue weighted by Crippen LogP contribution is -2.07. The van der Waals surface area contributed by atoms with Crippen LogP contribution in [-0.2, 0) is 19.1 Å². The lowest BCUT2D eigenvalue weighted by Gasteiger charge is -2.09. The van der Waals surface area contributed by atoms with Gasteiger partial charge in [0.15, 0.2) is 0 Å². The summed E-state index contributed by atoms with van der Waals surface area (Å²) < 4.78 is 15.2. The molecule has 0 bridgehead atoms. The fourth-order valence-electron chi connectivity index (χ4n) is 1.80. The SMILES string of the molecule is CCOC(=O)/C(=C/c1ccccc1OC/C=C/C(=O)OC)CC. The summed E-state index contributed by atoms with van der Waals surface area (Å²) in [5, 5.41) is 0. The minimum absolute atomic E-state index is 0.223. The van der Waals surface area contributed by atoms with Crippen LogP contribution in [0.5, 0.6) is 5.75 Å². The van der Waals surface area contributed by atoms with E-state index in [4.69, 9.17) is 9.47 Å². The quantitative estimate of drug-likeness (QED) is 0.544. The van der Waals surface area contributed by atoms with Gasteiger partial charge in [-0.05, 0) is 31.6 Å². The lowest BCUT2D eigenvalue weighted by molar-refractivity contribution is -0.138. The van der Waals surface area contributed by atoms with Crippen LogP contribution in [0.3, 0.4) is 0 Å². The van der Waals surface area contributed by atoms with E-state index in [0.717, 1.165) is 5.56 Å². The summed E-state index contributed by atoms with van der Waals surface area (Å²) in [5.74, 6) is -0.134. The van der Waals surface area contributed by atoms with Crippen LogP contribution in [0.2, 0.25) is 0 Å². The van der Waals surface area contributed by atoms with Gasteiger partial charge in [-0.3, -0.25) is 0 Å². The Kier molecular flexibility index (Phi) is 8.21. The maximum absolute atomic E-state index is 11.9. The van der Waals surface area contributed by atoms with Crippen molar-refractivity contribution in [3.05, 3.63) is 47.6 Å². The minimum atomic E-state index is -0.433. The van der Waals surface area contributed by atoms with Gasteiger partial charge in [0.25, 0.3) is 0 Å². The van der Waals surface area contributed by atoms with Crippen LogP contribution in [0.4, 0.5) is 0 Å². The maximum Gasteiger partial charge on any atom is 0.333 e. The van der Waals surface area contributed by atoms with Crippen LogP contribution in [0, 0.1) is 0 Å². The molecule has 0 aliphatic heterocycles. The average molecular weight is 318 g/mol. The molecule has 0 aromatic heterocycles. The number of rotatable bonds is 8. The predicted molar refractivity (Wildman–Crippen MR) is 88.0 cm³/mol. The van der Waals surface area contributed by atoms with E-state index in [1.54, 1.807) is 25.1 Å². The van der Waals surface area contributed by atoms with Crippen LogP contribution in [0.1, 0.15) is 25.8 Å². The van der Waals surface area contributed by atoms with Gasteiger partial charge in [0, 0.05) is 17.2 Å². The predicted octanol–water partition coefficient (Wildman–Crippen LogP) is 3.15. The number of hydrogen-bond acceptors (Lipinski definition) is 5. The van der Waals surface area contributed by atoms with E-state index in [-0.39, 0.29) is 12.6 Å². The van der Waals surface area contributed by atoms with Gasteiger partial charge in [0.1, 0.15) is 12.4 Å². The van der Waals surface area contributed by atoms with Gasteiger partial charge >= 0.3 is 11.9 Å². The number of carbonyl (C=O) groups excluding carboxylic acids is 2. The van der Waals surface area contributed by atoms with Crippen LogP contribution < -0.4 is 4.74 Å². The fourth-order valence-corrected chi connectivity index (χ4v) is 1.80. The van der Waals surface area contributed by atoms with Gasteiger partial charge in [-0.15, -0.1) is 0 Å². The Labute approximate surface area is 136 Å². The zero-order chi connectivity index (χ0) is 17.1. The average Bonchev–Trinajstić information content (AvgIpc) is 2.57. The van der Waals surface area contributed by atoms with E-state index in [0.29, 0.717) is 24.4 Å². The van der Waals surface area contributed by atoms with Gasteiger partial charge in [0.05, 0.1) is 13.7 Å². The zero-order valence-corrected chi connectivity index (χ0v) is 13.7. The molecule has 0 atom stereocenters. The first-order chi connectivity index (χ1) is 11.1. The summed E-state index contributed by atoms with van der Waals surface area (Å²) in [7, 11) is 1.31. The Morgan fingerprint density at radius 3 is 2.57 bits per heavy atom. The van der Waals surface area contributed by atoms with E-state index in [1.165, 1.54) is 13.2 Å². The van der Waals surface area contributed by atoms with E-state index in [9.17, 15) is 9.59 Å². The highest BCUT2D eigenvalue weighted by Crippen LogP contribution is 2.22. The largest absolute Gasteiger partial charge is 0.489 e. The summed E-state index contributed by atoms with van der Waals surface area (Å²) in [6.07, 6.45) is 5.19. The van der Waals surface area contributed by atoms with Crippen molar-refractivity contribution >= 4 is 18.0 Å². The highest BCUT2D eigenvalue weighted by molar-refractivity contribution is 5.94. The molecule has 1 aromatic carbocycles. The number of carbonyl (C=O) groups is 2. The molecule has 1 rings (SSSR count). The van der Waals surface area contributed by atoms with Crippen LogP contribution in [-0.4, -0.2) is 32.3 Å². The molecule has 0 N–H and O–H groups in total. The van der Waals surface area contributed by atoms with E-state index in [1.807, 2.05) is 25.1 Å². The smallest absolute Gasteiger partial charge is 0.333 e. The fraction of sp³-hybridized carbons (Fsp3) is 0.333. The standard InChI is InChI=1S/C18H22O5/c1-4-14(18(20)22-5-2)13-15-9-6-7-10-16(15)23-12-8-11-17(19)21-3/h6-11,13H,4-5,12H2,1-3H3/b11-8+,14-13+. The molecule has 0 unspecified atom stereocenters. The summed E-state index contributed by atoms with van der Waals surface area (Å²) in [6.45, 7) is 4.23. The molecule has 1 aromatic rings. The maximum atomic E-state index is 11.9. The van der Waals surface area contributed by atoms with E-state index >= 15 is 0 Å². The van der Waals surface area contributed by atoms with Crippen molar-refractivity contribution in [3.8, 4) is 5.75 Å². The minimum Gasteiger partial charge on any atom is -0.489 e. The highest BCUT2D eigenvalue weighted by atomic mass is 16.5. The second kappa shape index (κ2) is 10.2. The number of esters is 2. The molecule has 0 radical (unpaired) electrons. The van der Waals surface area contributed by atoms with Crippen LogP contribution in [0.25, 0.3) is 6.08 Å². The first kappa shape index (κ1) is 18.5.